The first-order valence-electron chi connectivity index (χ1n) is 12.8. The highest BCUT2D eigenvalue weighted by molar-refractivity contribution is 6.02. The largest absolute Gasteiger partial charge is 0.493 e. The number of anilines is 1. The Morgan fingerprint density at radius 2 is 1.49 bits per heavy atom. The predicted molar refractivity (Wildman–Crippen MR) is 141 cm³/mol. The van der Waals surface area contributed by atoms with Crippen molar-refractivity contribution in [2.45, 2.75) is 18.4 Å². The van der Waals surface area contributed by atoms with E-state index in [1.54, 1.807) is 20.3 Å². The van der Waals surface area contributed by atoms with E-state index in [9.17, 15) is 9.59 Å². The predicted octanol–water partition coefficient (Wildman–Crippen LogP) is 3.89. The number of methoxy groups -OCH3 is 2. The second-order valence-electron chi connectivity index (χ2n) is 9.81. The molecule has 0 aromatic heterocycles. The summed E-state index contributed by atoms with van der Waals surface area (Å²) >= 11 is 0. The molecule has 7 nitrogen and oxygen atoms in total. The number of piperazine rings is 1. The Morgan fingerprint density at radius 1 is 0.811 bits per heavy atom. The van der Waals surface area contributed by atoms with Crippen LogP contribution < -0.4 is 14.4 Å². The number of carbonyl (C=O) groups is 2. The molecule has 3 aliphatic rings. The number of fused-ring (bicyclic) bond motifs is 4. The molecule has 0 N–H and O–H groups in total. The van der Waals surface area contributed by atoms with E-state index in [1.807, 2.05) is 46.2 Å². The summed E-state index contributed by atoms with van der Waals surface area (Å²) in [5.74, 6) is 0.498. The highest BCUT2D eigenvalue weighted by atomic mass is 16.5. The average molecular weight is 498 g/mol. The topological polar surface area (TPSA) is 62.3 Å². The van der Waals surface area contributed by atoms with E-state index in [4.69, 9.17) is 9.47 Å². The summed E-state index contributed by atoms with van der Waals surface area (Å²) in [6.07, 6.45) is 0.775. The summed E-state index contributed by atoms with van der Waals surface area (Å²) in [5, 5.41) is 0. The summed E-state index contributed by atoms with van der Waals surface area (Å²) in [5.41, 5.74) is 4.68. The third-order valence-electron chi connectivity index (χ3n) is 8.01. The molecule has 3 aliphatic heterocycles. The monoisotopic (exact) mass is 497 g/mol. The number of carbonyl (C=O) groups excluding carboxylic acids is 2. The first kappa shape index (κ1) is 23.4. The van der Waals surface area contributed by atoms with Crippen molar-refractivity contribution >= 4 is 17.5 Å². The van der Waals surface area contributed by atoms with Crippen LogP contribution in [0.15, 0.2) is 66.7 Å². The van der Waals surface area contributed by atoms with E-state index in [-0.39, 0.29) is 17.9 Å². The third-order valence-corrected chi connectivity index (χ3v) is 8.01. The minimum absolute atomic E-state index is 0.0559. The van der Waals surface area contributed by atoms with Crippen LogP contribution in [0.2, 0.25) is 0 Å². The van der Waals surface area contributed by atoms with Crippen molar-refractivity contribution in [1.82, 2.24) is 9.80 Å². The second-order valence-corrected chi connectivity index (χ2v) is 9.81. The van der Waals surface area contributed by atoms with Gasteiger partial charge in [-0.3, -0.25) is 9.59 Å². The number of hydrogen-bond donors (Lipinski definition) is 0. The zero-order valence-corrected chi connectivity index (χ0v) is 21.2. The molecule has 37 heavy (non-hydrogen) atoms. The number of benzene rings is 3. The normalized spacial score (nSPS) is 20.6. The molecule has 190 valence electrons. The smallest absolute Gasteiger partial charge is 0.254 e. The molecule has 1 fully saturated rings. The van der Waals surface area contributed by atoms with Crippen molar-refractivity contribution in [1.29, 1.82) is 0 Å². The fourth-order valence-electron chi connectivity index (χ4n) is 6.14. The Bertz CT molecular complexity index is 1330. The maximum Gasteiger partial charge on any atom is 0.254 e. The van der Waals surface area contributed by atoms with Crippen LogP contribution in [0, 0.1) is 0 Å². The van der Waals surface area contributed by atoms with Crippen LogP contribution in [0.25, 0.3) is 0 Å². The molecule has 2 amide bonds. The van der Waals surface area contributed by atoms with Gasteiger partial charge in [0.25, 0.3) is 5.91 Å². The SMILES string of the molecule is COc1cc2c(cc1OC)[C@@H](C(=O)N1CCN(c3ccccc3)CC1)[C@@H]1c3ccccc3CCN1C2=O. The Hall–Kier alpha value is -4.00. The molecule has 0 radical (unpaired) electrons. The molecule has 2 atom stereocenters. The Labute approximate surface area is 217 Å². The van der Waals surface area contributed by atoms with E-state index in [0.29, 0.717) is 36.7 Å². The third kappa shape index (κ3) is 3.89. The minimum Gasteiger partial charge on any atom is -0.493 e. The van der Waals surface area contributed by atoms with Gasteiger partial charge in [-0.25, -0.2) is 0 Å². The summed E-state index contributed by atoms with van der Waals surface area (Å²) < 4.78 is 11.1. The second kappa shape index (κ2) is 9.47. The first-order chi connectivity index (χ1) is 18.1. The number of amides is 2. The quantitative estimate of drug-likeness (QED) is 0.547. The van der Waals surface area contributed by atoms with E-state index in [1.165, 1.54) is 11.3 Å². The number of para-hydroxylation sites is 1. The zero-order chi connectivity index (χ0) is 25.5. The van der Waals surface area contributed by atoms with Crippen LogP contribution in [0.1, 0.15) is 39.0 Å². The van der Waals surface area contributed by atoms with Crippen molar-refractivity contribution in [2.75, 3.05) is 51.8 Å². The fraction of sp³-hybridized carbons (Fsp3) is 0.333. The number of rotatable bonds is 4. The lowest BCUT2D eigenvalue weighted by Crippen LogP contribution is -2.54. The van der Waals surface area contributed by atoms with Crippen LogP contribution in [0.5, 0.6) is 11.5 Å². The maximum atomic E-state index is 14.4. The maximum absolute atomic E-state index is 14.4. The van der Waals surface area contributed by atoms with Gasteiger partial charge in [-0.05, 0) is 47.4 Å². The van der Waals surface area contributed by atoms with Gasteiger partial charge in [0.15, 0.2) is 11.5 Å². The molecule has 7 heteroatoms. The summed E-state index contributed by atoms with van der Waals surface area (Å²) in [4.78, 5) is 34.3. The molecule has 0 spiro atoms. The van der Waals surface area contributed by atoms with Crippen LogP contribution in [0.3, 0.4) is 0 Å². The van der Waals surface area contributed by atoms with Gasteiger partial charge in [-0.1, -0.05) is 42.5 Å². The molecule has 3 heterocycles. The zero-order valence-electron chi connectivity index (χ0n) is 21.2. The summed E-state index contributed by atoms with van der Waals surface area (Å²) in [6.45, 7) is 3.39. The van der Waals surface area contributed by atoms with Crippen molar-refractivity contribution in [2.24, 2.45) is 0 Å². The molecule has 3 aromatic rings. The minimum atomic E-state index is -0.516. The van der Waals surface area contributed by atoms with E-state index < -0.39 is 5.92 Å². The van der Waals surface area contributed by atoms with Crippen LogP contribution in [-0.2, 0) is 11.2 Å². The molecule has 0 unspecified atom stereocenters. The van der Waals surface area contributed by atoms with E-state index >= 15 is 0 Å². The van der Waals surface area contributed by atoms with Crippen molar-refractivity contribution in [3.8, 4) is 11.5 Å². The van der Waals surface area contributed by atoms with Gasteiger partial charge < -0.3 is 24.2 Å². The molecule has 0 saturated carbocycles. The van der Waals surface area contributed by atoms with Gasteiger partial charge in [-0.2, -0.15) is 0 Å². The molecular formula is C30H31N3O4. The molecule has 0 bridgehead atoms. The number of hydrogen-bond acceptors (Lipinski definition) is 5. The highest BCUT2D eigenvalue weighted by Gasteiger charge is 2.48. The van der Waals surface area contributed by atoms with E-state index in [2.05, 4.69) is 29.2 Å². The van der Waals surface area contributed by atoms with Crippen LogP contribution in [0.4, 0.5) is 5.69 Å². The van der Waals surface area contributed by atoms with Gasteiger partial charge in [0.05, 0.1) is 26.2 Å². The molecule has 3 aromatic carbocycles. The van der Waals surface area contributed by atoms with Crippen molar-refractivity contribution < 1.29 is 19.1 Å². The molecule has 1 saturated heterocycles. The standard InChI is InChI=1S/C30H31N3O4/c1-36-25-18-23-24(19-26(25)37-2)29(34)33-13-12-20-8-6-7-11-22(20)28(33)27(23)30(35)32-16-14-31(15-17-32)21-9-4-3-5-10-21/h3-11,18-19,27-28H,12-17H2,1-2H3/t27-,28+/m1/s1. The van der Waals surface area contributed by atoms with Crippen LogP contribution in [-0.4, -0.2) is 68.6 Å². The van der Waals surface area contributed by atoms with Gasteiger partial charge >= 0.3 is 0 Å². The molecule has 0 aliphatic carbocycles. The Morgan fingerprint density at radius 3 is 2.22 bits per heavy atom. The number of nitrogens with zero attached hydrogens (tertiary/aromatic N) is 3. The lowest BCUT2D eigenvalue weighted by Gasteiger charge is -2.47. The summed E-state index contributed by atoms with van der Waals surface area (Å²) in [6, 6.07) is 21.8. The lowest BCUT2D eigenvalue weighted by atomic mass is 9.75. The van der Waals surface area contributed by atoms with Crippen molar-refractivity contribution in [3.05, 3.63) is 89.0 Å². The highest BCUT2D eigenvalue weighted by Crippen LogP contribution is 2.49. The first-order valence-corrected chi connectivity index (χ1v) is 12.8. The van der Waals surface area contributed by atoms with E-state index in [0.717, 1.165) is 30.6 Å². The Kier molecular flexibility index (Phi) is 5.99. The summed E-state index contributed by atoms with van der Waals surface area (Å²) in [7, 11) is 3.14. The van der Waals surface area contributed by atoms with Crippen LogP contribution >= 0.6 is 0 Å². The van der Waals surface area contributed by atoms with Gasteiger partial charge in [-0.15, -0.1) is 0 Å². The average Bonchev–Trinajstić information content (AvgIpc) is 2.97. The Balaban J connectivity index is 1.40. The number of ether oxygens (including phenoxy) is 2. The lowest BCUT2D eigenvalue weighted by molar-refractivity contribution is -0.135. The van der Waals surface area contributed by atoms with Crippen molar-refractivity contribution in [3.63, 3.8) is 0 Å². The molecular weight excluding hydrogens is 466 g/mol. The fourth-order valence-corrected chi connectivity index (χ4v) is 6.14. The van der Waals surface area contributed by atoms with Gasteiger partial charge in [0, 0.05) is 44.0 Å². The van der Waals surface area contributed by atoms with Gasteiger partial charge in [0.1, 0.15) is 0 Å². The van der Waals surface area contributed by atoms with Gasteiger partial charge in [0.2, 0.25) is 5.91 Å². The molecule has 6 rings (SSSR count).